The number of carbonyl (C=O) groups is 2. The van der Waals surface area contributed by atoms with Gasteiger partial charge in [-0.2, -0.15) is 0 Å². The summed E-state index contributed by atoms with van der Waals surface area (Å²) in [5, 5.41) is 13.4. The minimum absolute atomic E-state index is 0.0923. The highest BCUT2D eigenvalue weighted by atomic mass is 16.6. The second-order valence-corrected chi connectivity index (χ2v) is 6.66. The number of nitrogens with one attached hydrogen (secondary N) is 1. The molecule has 0 aliphatic heterocycles. The van der Waals surface area contributed by atoms with E-state index in [0.29, 0.717) is 25.7 Å². The summed E-state index contributed by atoms with van der Waals surface area (Å²) in [5.74, 6) is -0.594. The molecule has 0 radical (unpaired) electrons. The zero-order chi connectivity index (χ0) is 17.0. The molecule has 1 fully saturated rings. The molecule has 1 saturated carbocycles. The van der Waals surface area contributed by atoms with Crippen molar-refractivity contribution < 1.29 is 28.9 Å². The predicted octanol–water partition coefficient (Wildman–Crippen LogP) is 1.37. The summed E-state index contributed by atoms with van der Waals surface area (Å²) in [6.07, 6.45) is 0.251. The molecule has 0 spiro atoms. The Labute approximate surface area is 131 Å². The van der Waals surface area contributed by atoms with Gasteiger partial charge in [0.15, 0.2) is 6.10 Å². The van der Waals surface area contributed by atoms with Gasteiger partial charge in [0.05, 0.1) is 7.11 Å². The molecule has 0 aromatic rings. The van der Waals surface area contributed by atoms with E-state index < -0.39 is 29.4 Å². The monoisotopic (exact) mass is 317 g/mol. The molecule has 1 atom stereocenters. The Kier molecular flexibility index (Phi) is 6.19. The van der Waals surface area contributed by atoms with Crippen LogP contribution in [0.1, 0.15) is 46.5 Å². The van der Waals surface area contributed by atoms with Crippen molar-refractivity contribution in [1.29, 1.82) is 0 Å². The van der Waals surface area contributed by atoms with Crippen LogP contribution in [-0.2, 0) is 19.0 Å². The van der Waals surface area contributed by atoms with Crippen LogP contribution in [0.2, 0.25) is 0 Å². The second-order valence-electron chi connectivity index (χ2n) is 6.66. The van der Waals surface area contributed by atoms with Crippen LogP contribution in [0, 0.1) is 0 Å². The second kappa shape index (κ2) is 7.28. The van der Waals surface area contributed by atoms with Crippen molar-refractivity contribution in [2.45, 2.75) is 69.8 Å². The number of methoxy groups -OCH3 is 2. The predicted molar refractivity (Wildman–Crippen MR) is 79.4 cm³/mol. The Hall–Kier alpha value is -1.34. The third kappa shape index (κ3) is 5.14. The van der Waals surface area contributed by atoms with Crippen molar-refractivity contribution in [1.82, 2.24) is 5.32 Å². The van der Waals surface area contributed by atoms with Crippen LogP contribution in [0.3, 0.4) is 0 Å². The van der Waals surface area contributed by atoms with Gasteiger partial charge in [-0.1, -0.05) is 0 Å². The lowest BCUT2D eigenvalue weighted by Gasteiger charge is -2.39. The number of amides is 1. The first-order valence-electron chi connectivity index (χ1n) is 7.44. The maximum Gasteiger partial charge on any atom is 0.407 e. The first-order valence-corrected chi connectivity index (χ1v) is 7.44. The molecule has 1 rings (SSSR count). The van der Waals surface area contributed by atoms with E-state index in [1.54, 1.807) is 20.8 Å². The van der Waals surface area contributed by atoms with Crippen molar-refractivity contribution in [3.8, 4) is 0 Å². The van der Waals surface area contributed by atoms with Gasteiger partial charge in [-0.15, -0.1) is 0 Å². The number of rotatable bonds is 4. The number of hydrogen-bond donors (Lipinski definition) is 2. The van der Waals surface area contributed by atoms with Crippen LogP contribution < -0.4 is 5.32 Å². The number of hydrogen-bond acceptors (Lipinski definition) is 6. The summed E-state index contributed by atoms with van der Waals surface area (Å²) in [5.41, 5.74) is -1.82. The number of esters is 1. The molecule has 0 heterocycles. The fraction of sp³-hybridized carbons (Fsp3) is 0.867. The Bertz CT molecular complexity index is 395. The average molecular weight is 317 g/mol. The lowest BCUT2D eigenvalue weighted by atomic mass is 9.78. The Morgan fingerprint density at radius 2 is 1.77 bits per heavy atom. The molecule has 0 saturated heterocycles. The molecule has 128 valence electrons. The maximum absolute atomic E-state index is 11.7. The maximum atomic E-state index is 11.7. The standard InChI is InChI=1S/C15H27NO6/c1-14(2,3)22-13(18)16-10-6-8-15(19,9-7-10)11(20-4)12(17)21-5/h10-11,19H,6-9H2,1-5H3,(H,16,18). The van der Waals surface area contributed by atoms with Crippen LogP contribution in [0.5, 0.6) is 0 Å². The number of carbonyl (C=O) groups excluding carboxylic acids is 2. The first-order chi connectivity index (χ1) is 10.1. The van der Waals surface area contributed by atoms with E-state index >= 15 is 0 Å². The van der Waals surface area contributed by atoms with Crippen molar-refractivity contribution in [3.63, 3.8) is 0 Å². The smallest absolute Gasteiger partial charge is 0.407 e. The van der Waals surface area contributed by atoms with Gasteiger partial charge < -0.3 is 24.6 Å². The van der Waals surface area contributed by atoms with Crippen molar-refractivity contribution in [2.75, 3.05) is 14.2 Å². The largest absolute Gasteiger partial charge is 0.467 e. The molecule has 0 aromatic carbocycles. The van der Waals surface area contributed by atoms with Crippen LogP contribution in [0.15, 0.2) is 0 Å². The van der Waals surface area contributed by atoms with Gasteiger partial charge in [0, 0.05) is 13.2 Å². The molecule has 1 aliphatic rings. The molecule has 1 amide bonds. The highest BCUT2D eigenvalue weighted by molar-refractivity contribution is 5.76. The van der Waals surface area contributed by atoms with Gasteiger partial charge in [0.2, 0.25) is 0 Å². The van der Waals surface area contributed by atoms with E-state index in [9.17, 15) is 14.7 Å². The van der Waals surface area contributed by atoms with Crippen LogP contribution >= 0.6 is 0 Å². The number of ether oxygens (including phenoxy) is 3. The lowest BCUT2D eigenvalue weighted by molar-refractivity contribution is -0.175. The normalized spacial score (nSPS) is 26.9. The third-order valence-corrected chi connectivity index (χ3v) is 3.71. The summed E-state index contributed by atoms with van der Waals surface area (Å²) in [7, 11) is 2.62. The SMILES string of the molecule is COC(=O)C(OC)C1(O)CCC(NC(=O)OC(C)(C)C)CC1. The molecule has 22 heavy (non-hydrogen) atoms. The van der Waals surface area contributed by atoms with Crippen molar-refractivity contribution in [3.05, 3.63) is 0 Å². The number of alkyl carbamates (subject to hydrolysis) is 1. The Morgan fingerprint density at radius 1 is 1.23 bits per heavy atom. The van der Waals surface area contributed by atoms with Gasteiger partial charge in [0.25, 0.3) is 0 Å². The molecule has 0 bridgehead atoms. The van der Waals surface area contributed by atoms with Crippen LogP contribution in [0.4, 0.5) is 4.79 Å². The zero-order valence-corrected chi connectivity index (χ0v) is 14.0. The first kappa shape index (κ1) is 18.7. The molecule has 7 heteroatoms. The topological polar surface area (TPSA) is 94.1 Å². The summed E-state index contributed by atoms with van der Waals surface area (Å²) >= 11 is 0. The minimum atomic E-state index is -1.27. The van der Waals surface area contributed by atoms with Gasteiger partial charge in [-0.25, -0.2) is 9.59 Å². The summed E-state index contributed by atoms with van der Waals surface area (Å²) < 4.78 is 15.0. The van der Waals surface area contributed by atoms with Crippen LogP contribution in [-0.4, -0.2) is 54.7 Å². The molecule has 1 aliphatic carbocycles. The summed E-state index contributed by atoms with van der Waals surface area (Å²) in [4.78, 5) is 23.4. The van der Waals surface area contributed by atoms with Gasteiger partial charge >= 0.3 is 12.1 Å². The number of aliphatic hydroxyl groups is 1. The van der Waals surface area contributed by atoms with Gasteiger partial charge in [-0.05, 0) is 46.5 Å². The van der Waals surface area contributed by atoms with Crippen LogP contribution in [0.25, 0.3) is 0 Å². The summed E-state index contributed by atoms with van der Waals surface area (Å²) in [6, 6.07) is -0.0923. The fourth-order valence-electron chi connectivity index (χ4n) is 2.64. The van der Waals surface area contributed by atoms with Gasteiger partial charge in [-0.3, -0.25) is 0 Å². The van der Waals surface area contributed by atoms with E-state index in [-0.39, 0.29) is 6.04 Å². The van der Waals surface area contributed by atoms with E-state index in [1.165, 1.54) is 14.2 Å². The highest BCUT2D eigenvalue weighted by Crippen LogP contribution is 2.33. The molecule has 7 nitrogen and oxygen atoms in total. The Balaban J connectivity index is 2.55. The highest BCUT2D eigenvalue weighted by Gasteiger charge is 2.45. The average Bonchev–Trinajstić information content (AvgIpc) is 2.40. The fourth-order valence-corrected chi connectivity index (χ4v) is 2.64. The van der Waals surface area contributed by atoms with E-state index in [0.717, 1.165) is 0 Å². The quantitative estimate of drug-likeness (QED) is 0.761. The molecule has 1 unspecified atom stereocenters. The van der Waals surface area contributed by atoms with Crippen molar-refractivity contribution >= 4 is 12.1 Å². The third-order valence-electron chi connectivity index (χ3n) is 3.71. The molecule has 0 aromatic heterocycles. The minimum Gasteiger partial charge on any atom is -0.467 e. The van der Waals surface area contributed by atoms with E-state index in [2.05, 4.69) is 10.1 Å². The summed E-state index contributed by atoms with van der Waals surface area (Å²) in [6.45, 7) is 5.39. The molecular weight excluding hydrogens is 290 g/mol. The molecule has 2 N–H and O–H groups in total. The van der Waals surface area contributed by atoms with E-state index in [1.807, 2.05) is 0 Å². The molecular formula is C15H27NO6. The van der Waals surface area contributed by atoms with E-state index in [4.69, 9.17) is 9.47 Å². The zero-order valence-electron chi connectivity index (χ0n) is 14.0. The van der Waals surface area contributed by atoms with Gasteiger partial charge in [0.1, 0.15) is 11.2 Å². The van der Waals surface area contributed by atoms with Crippen molar-refractivity contribution in [2.24, 2.45) is 0 Å². The Morgan fingerprint density at radius 3 is 2.18 bits per heavy atom. The lowest BCUT2D eigenvalue weighted by Crippen LogP contribution is -2.53.